The molecule has 1 aliphatic rings. The van der Waals surface area contributed by atoms with Gasteiger partial charge in [-0.3, -0.25) is 0 Å². The lowest BCUT2D eigenvalue weighted by molar-refractivity contribution is 0.127. The Bertz CT molecular complexity index is 425. The first-order chi connectivity index (χ1) is 9.20. The van der Waals surface area contributed by atoms with Crippen LogP contribution in [0.4, 0.5) is 0 Å². The van der Waals surface area contributed by atoms with Gasteiger partial charge in [0.2, 0.25) is 0 Å². The molecule has 1 unspecified atom stereocenters. The molecule has 4 nitrogen and oxygen atoms in total. The number of halogens is 1. The first-order valence-electron chi connectivity index (χ1n) is 6.60. The van der Waals surface area contributed by atoms with Crippen LogP contribution in [0.5, 0.6) is 11.5 Å². The van der Waals surface area contributed by atoms with E-state index in [1.165, 1.54) is 5.56 Å². The Kier molecular flexibility index (Phi) is 5.48. The molecule has 1 N–H and O–H groups in total. The summed E-state index contributed by atoms with van der Waals surface area (Å²) in [5.74, 6) is 1.62. The van der Waals surface area contributed by atoms with Crippen LogP contribution in [-0.4, -0.2) is 32.5 Å². The maximum atomic E-state index is 5.61. The molecule has 5 heteroatoms. The van der Waals surface area contributed by atoms with Crippen molar-refractivity contribution in [3.63, 3.8) is 0 Å². The highest BCUT2D eigenvalue weighted by molar-refractivity contribution is 9.10. The Hall–Kier alpha value is -0.780. The molecular weight excluding hydrogens is 310 g/mol. The van der Waals surface area contributed by atoms with E-state index in [0.29, 0.717) is 19.3 Å². The molecule has 1 atom stereocenters. The minimum Gasteiger partial charge on any atom is -0.486 e. The Morgan fingerprint density at radius 3 is 2.95 bits per heavy atom. The van der Waals surface area contributed by atoms with Gasteiger partial charge in [-0.15, -0.1) is 0 Å². The van der Waals surface area contributed by atoms with E-state index in [4.69, 9.17) is 14.2 Å². The second kappa shape index (κ2) is 7.12. The number of ether oxygens (including phenoxy) is 3. The summed E-state index contributed by atoms with van der Waals surface area (Å²) < 4.78 is 17.5. The fraction of sp³-hybridized carbons (Fsp3) is 0.571. The van der Waals surface area contributed by atoms with Crippen molar-refractivity contribution in [2.75, 3.05) is 26.4 Å². The molecule has 0 fully saturated rings. The van der Waals surface area contributed by atoms with E-state index in [2.05, 4.69) is 34.2 Å². The van der Waals surface area contributed by atoms with Crippen LogP contribution in [0.25, 0.3) is 0 Å². The standard InChI is InChI=1S/C14H20BrNO3/c1-3-17-9-10(2)16-8-11-6-12(15)14-13(7-11)18-4-5-19-14/h6-7,10,16H,3-5,8-9H2,1-2H3. The summed E-state index contributed by atoms with van der Waals surface area (Å²) >= 11 is 3.52. The highest BCUT2D eigenvalue weighted by Gasteiger charge is 2.16. The molecule has 0 radical (unpaired) electrons. The van der Waals surface area contributed by atoms with Gasteiger partial charge in [-0.25, -0.2) is 0 Å². The summed E-state index contributed by atoms with van der Waals surface area (Å²) in [6.45, 7) is 7.59. The molecule has 1 aliphatic heterocycles. The third-order valence-corrected chi connectivity index (χ3v) is 3.47. The summed E-state index contributed by atoms with van der Waals surface area (Å²) in [6.07, 6.45) is 0. The van der Waals surface area contributed by atoms with Gasteiger partial charge < -0.3 is 19.5 Å². The second-order valence-electron chi connectivity index (χ2n) is 4.54. The van der Waals surface area contributed by atoms with E-state index in [1.807, 2.05) is 13.0 Å². The smallest absolute Gasteiger partial charge is 0.175 e. The van der Waals surface area contributed by atoms with Crippen molar-refractivity contribution in [3.05, 3.63) is 22.2 Å². The van der Waals surface area contributed by atoms with Crippen LogP contribution in [0.15, 0.2) is 16.6 Å². The van der Waals surface area contributed by atoms with E-state index >= 15 is 0 Å². The lowest BCUT2D eigenvalue weighted by Gasteiger charge is -2.21. The average Bonchev–Trinajstić information content (AvgIpc) is 2.43. The van der Waals surface area contributed by atoms with Crippen molar-refractivity contribution in [1.82, 2.24) is 5.32 Å². The monoisotopic (exact) mass is 329 g/mol. The van der Waals surface area contributed by atoms with Crippen LogP contribution >= 0.6 is 15.9 Å². The van der Waals surface area contributed by atoms with Crippen LogP contribution in [-0.2, 0) is 11.3 Å². The Morgan fingerprint density at radius 2 is 2.16 bits per heavy atom. The zero-order valence-corrected chi connectivity index (χ0v) is 13.0. The SMILES string of the molecule is CCOCC(C)NCc1cc(Br)c2c(c1)OCCO2. The molecule has 0 amide bonds. The molecule has 0 aliphatic carbocycles. The first-order valence-corrected chi connectivity index (χ1v) is 7.39. The summed E-state index contributed by atoms with van der Waals surface area (Å²) in [5.41, 5.74) is 1.17. The summed E-state index contributed by atoms with van der Waals surface area (Å²) in [7, 11) is 0. The predicted octanol–water partition coefficient (Wildman–Crippen LogP) is 2.73. The van der Waals surface area contributed by atoms with Crippen LogP contribution < -0.4 is 14.8 Å². The number of fused-ring (bicyclic) bond motifs is 1. The lowest BCUT2D eigenvalue weighted by Crippen LogP contribution is -2.30. The third kappa shape index (κ3) is 4.09. The molecule has 1 aromatic carbocycles. The second-order valence-corrected chi connectivity index (χ2v) is 5.40. The predicted molar refractivity (Wildman–Crippen MR) is 77.9 cm³/mol. The van der Waals surface area contributed by atoms with Crippen LogP contribution in [0.2, 0.25) is 0 Å². The lowest BCUT2D eigenvalue weighted by atomic mass is 10.2. The molecular formula is C14H20BrNO3. The van der Waals surface area contributed by atoms with Gasteiger partial charge in [-0.2, -0.15) is 0 Å². The van der Waals surface area contributed by atoms with Gasteiger partial charge >= 0.3 is 0 Å². The molecule has 1 aromatic rings. The molecule has 0 aromatic heterocycles. The number of hydrogen-bond donors (Lipinski definition) is 1. The van der Waals surface area contributed by atoms with Gasteiger partial charge in [0.1, 0.15) is 13.2 Å². The number of nitrogens with one attached hydrogen (secondary N) is 1. The highest BCUT2D eigenvalue weighted by Crippen LogP contribution is 2.38. The van der Waals surface area contributed by atoms with Crippen molar-refractivity contribution < 1.29 is 14.2 Å². The van der Waals surface area contributed by atoms with Gasteiger partial charge in [0.15, 0.2) is 11.5 Å². The molecule has 1 heterocycles. The quantitative estimate of drug-likeness (QED) is 0.871. The largest absolute Gasteiger partial charge is 0.486 e. The molecule has 2 rings (SSSR count). The minimum atomic E-state index is 0.326. The average molecular weight is 330 g/mol. The van der Waals surface area contributed by atoms with Gasteiger partial charge in [-0.1, -0.05) is 0 Å². The van der Waals surface area contributed by atoms with Gasteiger partial charge in [0.05, 0.1) is 11.1 Å². The molecule has 0 saturated carbocycles. The van der Waals surface area contributed by atoms with Gasteiger partial charge in [0, 0.05) is 19.2 Å². The fourth-order valence-electron chi connectivity index (χ4n) is 1.91. The fourth-order valence-corrected chi connectivity index (χ4v) is 2.52. The summed E-state index contributed by atoms with van der Waals surface area (Å²) in [4.78, 5) is 0. The zero-order valence-electron chi connectivity index (χ0n) is 11.4. The first kappa shape index (κ1) is 14.6. The Labute approximate surface area is 122 Å². The van der Waals surface area contributed by atoms with E-state index in [9.17, 15) is 0 Å². The van der Waals surface area contributed by atoms with Crippen molar-refractivity contribution >= 4 is 15.9 Å². The number of benzene rings is 1. The molecule has 0 bridgehead atoms. The third-order valence-electron chi connectivity index (χ3n) is 2.88. The maximum absolute atomic E-state index is 5.61. The van der Waals surface area contributed by atoms with E-state index in [-0.39, 0.29) is 0 Å². The molecule has 0 spiro atoms. The van der Waals surface area contributed by atoms with Crippen LogP contribution in [0.3, 0.4) is 0 Å². The van der Waals surface area contributed by atoms with Crippen molar-refractivity contribution in [1.29, 1.82) is 0 Å². The van der Waals surface area contributed by atoms with Crippen LogP contribution in [0.1, 0.15) is 19.4 Å². The highest BCUT2D eigenvalue weighted by atomic mass is 79.9. The minimum absolute atomic E-state index is 0.326. The molecule has 19 heavy (non-hydrogen) atoms. The summed E-state index contributed by atoms with van der Waals surface area (Å²) in [5, 5.41) is 3.43. The van der Waals surface area contributed by atoms with Gasteiger partial charge in [0.25, 0.3) is 0 Å². The van der Waals surface area contributed by atoms with Gasteiger partial charge in [-0.05, 0) is 47.5 Å². The molecule has 0 saturated heterocycles. The van der Waals surface area contributed by atoms with Crippen LogP contribution in [0, 0.1) is 0 Å². The maximum Gasteiger partial charge on any atom is 0.175 e. The normalized spacial score (nSPS) is 15.3. The van der Waals surface area contributed by atoms with Crippen molar-refractivity contribution in [2.45, 2.75) is 26.4 Å². The molecule has 106 valence electrons. The Balaban J connectivity index is 1.95. The zero-order chi connectivity index (χ0) is 13.7. The van der Waals surface area contributed by atoms with Crippen molar-refractivity contribution in [3.8, 4) is 11.5 Å². The Morgan fingerprint density at radius 1 is 1.37 bits per heavy atom. The topological polar surface area (TPSA) is 39.7 Å². The van der Waals surface area contributed by atoms with Crippen molar-refractivity contribution in [2.24, 2.45) is 0 Å². The number of rotatable bonds is 6. The van der Waals surface area contributed by atoms with E-state index in [0.717, 1.165) is 35.7 Å². The summed E-state index contributed by atoms with van der Waals surface area (Å²) in [6, 6.07) is 4.42. The van der Waals surface area contributed by atoms with E-state index in [1.54, 1.807) is 0 Å². The van der Waals surface area contributed by atoms with E-state index < -0.39 is 0 Å². The number of hydrogen-bond acceptors (Lipinski definition) is 4.